The Morgan fingerprint density at radius 3 is 2.32 bits per heavy atom. The van der Waals surface area contributed by atoms with E-state index in [0.29, 0.717) is 29.0 Å². The highest BCUT2D eigenvalue weighted by Gasteiger charge is 2.25. The number of benzene rings is 2. The van der Waals surface area contributed by atoms with Gasteiger partial charge in [-0.15, -0.1) is 0 Å². The third-order valence-corrected chi connectivity index (χ3v) is 5.94. The summed E-state index contributed by atoms with van der Waals surface area (Å²) in [5.41, 5.74) is 2.59. The van der Waals surface area contributed by atoms with Gasteiger partial charge < -0.3 is 0 Å². The van der Waals surface area contributed by atoms with Crippen LogP contribution >= 0.6 is 0 Å². The molecule has 0 amide bonds. The van der Waals surface area contributed by atoms with Crippen molar-refractivity contribution in [2.45, 2.75) is 64.7 Å². The van der Waals surface area contributed by atoms with Crippen LogP contribution in [0.1, 0.15) is 74.1 Å². The first-order valence-corrected chi connectivity index (χ1v) is 10.5. The van der Waals surface area contributed by atoms with Crippen molar-refractivity contribution >= 4 is 6.08 Å². The Labute approximate surface area is 166 Å². The summed E-state index contributed by atoms with van der Waals surface area (Å²) >= 11 is 0. The minimum atomic E-state index is -0.691. The van der Waals surface area contributed by atoms with E-state index in [1.165, 1.54) is 0 Å². The molecule has 1 aliphatic rings. The van der Waals surface area contributed by atoms with Gasteiger partial charge in [0.05, 0.1) is 0 Å². The molecule has 28 heavy (non-hydrogen) atoms. The summed E-state index contributed by atoms with van der Waals surface area (Å²) in [7, 11) is 0. The molecule has 0 unspecified atom stereocenters. The third kappa shape index (κ3) is 4.68. The highest BCUT2D eigenvalue weighted by atomic mass is 19.2. The number of rotatable bonds is 6. The highest BCUT2D eigenvalue weighted by Crippen LogP contribution is 2.38. The normalized spacial score (nSPS) is 20.0. The van der Waals surface area contributed by atoms with Crippen molar-refractivity contribution < 1.29 is 13.2 Å². The molecule has 1 fully saturated rings. The second kappa shape index (κ2) is 9.45. The fraction of sp³-hybridized carbons (Fsp3) is 0.440. The van der Waals surface area contributed by atoms with E-state index in [2.05, 4.69) is 13.0 Å². The SMILES string of the molecule is CCCc1ccc(/C=C/C2CCC(c3ccc(CC)c(F)c3F)CC2)c(F)c1. The van der Waals surface area contributed by atoms with E-state index in [1.54, 1.807) is 18.2 Å². The molecule has 0 aromatic heterocycles. The van der Waals surface area contributed by atoms with Gasteiger partial charge in [-0.3, -0.25) is 0 Å². The van der Waals surface area contributed by atoms with Crippen LogP contribution in [0.2, 0.25) is 0 Å². The van der Waals surface area contributed by atoms with Gasteiger partial charge in [-0.05, 0) is 73.1 Å². The van der Waals surface area contributed by atoms with Crippen LogP contribution in [0.5, 0.6) is 0 Å². The standard InChI is InChI=1S/C25H29F3/c1-3-5-18-9-13-21(23(26)16-18)12-8-17-6-10-20(11-7-17)22-15-14-19(4-2)24(27)25(22)28/h8-9,12-17,20H,3-7,10-11H2,1-2H3/b12-8+. The van der Waals surface area contributed by atoms with Crippen molar-refractivity contribution in [2.24, 2.45) is 5.92 Å². The minimum absolute atomic E-state index is 0.0649. The second-order valence-electron chi connectivity index (χ2n) is 7.87. The van der Waals surface area contributed by atoms with Crippen molar-refractivity contribution in [3.63, 3.8) is 0 Å². The average Bonchev–Trinajstić information content (AvgIpc) is 2.70. The fourth-order valence-corrected chi connectivity index (χ4v) is 4.21. The number of halogens is 3. The maximum atomic E-state index is 14.4. The average molecular weight is 387 g/mol. The van der Waals surface area contributed by atoms with Gasteiger partial charge in [0.25, 0.3) is 0 Å². The first-order valence-electron chi connectivity index (χ1n) is 10.5. The molecule has 150 valence electrons. The van der Waals surface area contributed by atoms with E-state index >= 15 is 0 Å². The molecule has 0 radical (unpaired) electrons. The zero-order chi connectivity index (χ0) is 20.1. The van der Waals surface area contributed by atoms with Crippen molar-refractivity contribution in [3.05, 3.63) is 76.1 Å². The summed E-state index contributed by atoms with van der Waals surface area (Å²) in [5.74, 6) is -1.12. The van der Waals surface area contributed by atoms with Gasteiger partial charge in [0.15, 0.2) is 11.6 Å². The lowest BCUT2D eigenvalue weighted by Crippen LogP contribution is -2.14. The summed E-state index contributed by atoms with van der Waals surface area (Å²) in [4.78, 5) is 0. The monoisotopic (exact) mass is 386 g/mol. The van der Waals surface area contributed by atoms with Crippen LogP contribution in [0.15, 0.2) is 36.4 Å². The molecule has 0 spiro atoms. The predicted octanol–water partition coefficient (Wildman–Crippen LogP) is 7.61. The molecule has 0 saturated heterocycles. The molecule has 2 aromatic carbocycles. The van der Waals surface area contributed by atoms with E-state index in [9.17, 15) is 13.2 Å². The summed E-state index contributed by atoms with van der Waals surface area (Å²) in [6.07, 6.45) is 9.81. The lowest BCUT2D eigenvalue weighted by Gasteiger charge is -2.27. The molecule has 1 saturated carbocycles. The van der Waals surface area contributed by atoms with Crippen LogP contribution in [0, 0.1) is 23.4 Å². The molecule has 0 atom stereocenters. The molecule has 0 N–H and O–H groups in total. The van der Waals surface area contributed by atoms with Gasteiger partial charge in [0, 0.05) is 5.56 Å². The molecular formula is C25H29F3. The van der Waals surface area contributed by atoms with Gasteiger partial charge in [-0.25, -0.2) is 13.2 Å². The van der Waals surface area contributed by atoms with E-state index in [1.807, 2.05) is 25.1 Å². The predicted molar refractivity (Wildman–Crippen MR) is 110 cm³/mol. The zero-order valence-electron chi connectivity index (χ0n) is 16.8. The number of aryl methyl sites for hydroxylation is 2. The Morgan fingerprint density at radius 2 is 1.68 bits per heavy atom. The largest absolute Gasteiger partial charge is 0.206 e. The number of hydrogen-bond donors (Lipinski definition) is 0. The summed E-state index contributed by atoms with van der Waals surface area (Å²) in [5, 5.41) is 0. The Balaban J connectivity index is 1.62. The third-order valence-electron chi connectivity index (χ3n) is 5.94. The minimum Gasteiger partial charge on any atom is -0.206 e. The van der Waals surface area contributed by atoms with Crippen molar-refractivity contribution in [1.29, 1.82) is 0 Å². The molecular weight excluding hydrogens is 357 g/mol. The Morgan fingerprint density at radius 1 is 0.929 bits per heavy atom. The van der Waals surface area contributed by atoms with Crippen LogP contribution in [0.3, 0.4) is 0 Å². The molecule has 0 heterocycles. The van der Waals surface area contributed by atoms with Gasteiger partial charge in [-0.2, -0.15) is 0 Å². The molecule has 2 aromatic rings. The Hall–Kier alpha value is -2.03. The molecule has 0 aliphatic heterocycles. The van der Waals surface area contributed by atoms with Gasteiger partial charge in [-0.1, -0.05) is 56.7 Å². The van der Waals surface area contributed by atoms with Crippen LogP contribution in [0.25, 0.3) is 6.08 Å². The smallest absolute Gasteiger partial charge is 0.162 e. The Kier molecular flexibility index (Phi) is 6.98. The molecule has 3 rings (SSSR count). The van der Waals surface area contributed by atoms with Crippen LogP contribution in [-0.2, 0) is 12.8 Å². The van der Waals surface area contributed by atoms with Crippen LogP contribution in [-0.4, -0.2) is 0 Å². The summed E-state index contributed by atoms with van der Waals surface area (Å²) < 4.78 is 42.7. The van der Waals surface area contributed by atoms with Crippen molar-refractivity contribution in [2.75, 3.05) is 0 Å². The van der Waals surface area contributed by atoms with E-state index < -0.39 is 11.6 Å². The summed E-state index contributed by atoms with van der Waals surface area (Å²) in [6, 6.07) is 8.92. The molecule has 0 nitrogen and oxygen atoms in total. The summed E-state index contributed by atoms with van der Waals surface area (Å²) in [6.45, 7) is 3.91. The van der Waals surface area contributed by atoms with Crippen molar-refractivity contribution in [3.8, 4) is 0 Å². The van der Waals surface area contributed by atoms with Crippen LogP contribution < -0.4 is 0 Å². The fourth-order valence-electron chi connectivity index (χ4n) is 4.21. The van der Waals surface area contributed by atoms with E-state index in [4.69, 9.17) is 0 Å². The van der Waals surface area contributed by atoms with E-state index in [0.717, 1.165) is 44.1 Å². The lowest BCUT2D eigenvalue weighted by atomic mass is 9.78. The highest BCUT2D eigenvalue weighted by molar-refractivity contribution is 5.51. The molecule has 3 heteroatoms. The maximum Gasteiger partial charge on any atom is 0.162 e. The van der Waals surface area contributed by atoms with E-state index in [-0.39, 0.29) is 11.7 Å². The lowest BCUT2D eigenvalue weighted by molar-refractivity contribution is 0.364. The molecule has 1 aliphatic carbocycles. The number of hydrogen-bond acceptors (Lipinski definition) is 0. The molecule has 0 bridgehead atoms. The Bertz CT molecular complexity index is 830. The van der Waals surface area contributed by atoms with Crippen molar-refractivity contribution in [1.82, 2.24) is 0 Å². The van der Waals surface area contributed by atoms with Gasteiger partial charge in [0.1, 0.15) is 5.82 Å². The second-order valence-corrected chi connectivity index (χ2v) is 7.87. The first kappa shape index (κ1) is 20.7. The van der Waals surface area contributed by atoms with Gasteiger partial charge >= 0.3 is 0 Å². The first-order chi connectivity index (χ1) is 13.5. The number of allylic oxidation sites excluding steroid dienone is 1. The maximum absolute atomic E-state index is 14.4. The topological polar surface area (TPSA) is 0 Å². The van der Waals surface area contributed by atoms with Gasteiger partial charge in [0.2, 0.25) is 0 Å². The quantitative estimate of drug-likeness (QED) is 0.479. The zero-order valence-corrected chi connectivity index (χ0v) is 16.8. The van der Waals surface area contributed by atoms with Crippen LogP contribution in [0.4, 0.5) is 13.2 Å².